The predicted molar refractivity (Wildman–Crippen MR) is 66.7 cm³/mol. The molecule has 0 aromatic heterocycles. The van der Waals surface area contributed by atoms with Gasteiger partial charge < -0.3 is 15.4 Å². The van der Waals surface area contributed by atoms with Crippen LogP contribution in [0.25, 0.3) is 0 Å². The molecule has 0 unspecified atom stereocenters. The second-order valence-electron chi connectivity index (χ2n) is 4.58. The van der Waals surface area contributed by atoms with Crippen molar-refractivity contribution in [2.45, 2.75) is 46.1 Å². The van der Waals surface area contributed by atoms with Crippen LogP contribution in [0.5, 0.6) is 0 Å². The Morgan fingerprint density at radius 1 is 1.35 bits per heavy atom. The zero-order chi connectivity index (χ0) is 13.5. The molecule has 0 saturated carbocycles. The normalized spacial score (nSPS) is 14.0. The predicted octanol–water partition coefficient (Wildman–Crippen LogP) is 1.67. The summed E-state index contributed by atoms with van der Waals surface area (Å²) in [6.45, 7) is 8.15. The molecular weight excluding hydrogens is 220 g/mol. The van der Waals surface area contributed by atoms with Gasteiger partial charge in [0.2, 0.25) is 5.91 Å². The van der Waals surface area contributed by atoms with Crippen molar-refractivity contribution in [3.63, 3.8) is 0 Å². The fourth-order valence-electron chi connectivity index (χ4n) is 1.29. The summed E-state index contributed by atoms with van der Waals surface area (Å²) in [6.07, 6.45) is 1.35. The minimum atomic E-state index is -0.944. The lowest BCUT2D eigenvalue weighted by atomic mass is 9.87. The summed E-state index contributed by atoms with van der Waals surface area (Å²) >= 11 is 0. The van der Waals surface area contributed by atoms with Crippen molar-refractivity contribution in [3.05, 3.63) is 0 Å². The van der Waals surface area contributed by atoms with Gasteiger partial charge in [-0.15, -0.1) is 0 Å². The van der Waals surface area contributed by atoms with Gasteiger partial charge in [0.15, 0.2) is 0 Å². The van der Waals surface area contributed by atoms with E-state index in [1.54, 1.807) is 6.92 Å². The molecule has 0 aliphatic rings. The van der Waals surface area contributed by atoms with E-state index in [0.717, 1.165) is 12.8 Å². The molecule has 1 atom stereocenters. The van der Waals surface area contributed by atoms with Crippen LogP contribution in [-0.4, -0.2) is 31.2 Å². The van der Waals surface area contributed by atoms with Crippen molar-refractivity contribution >= 4 is 12.0 Å². The van der Waals surface area contributed by atoms with Crippen LogP contribution in [0.4, 0.5) is 4.79 Å². The highest BCUT2D eigenvalue weighted by Gasteiger charge is 2.38. The molecular formula is C12H24N2O3. The maximum atomic E-state index is 12.1. The van der Waals surface area contributed by atoms with Gasteiger partial charge in [-0.3, -0.25) is 4.79 Å². The van der Waals surface area contributed by atoms with Gasteiger partial charge in [0.25, 0.3) is 0 Å². The largest absolute Gasteiger partial charge is 0.453 e. The number of amides is 2. The number of unbranched alkanes of at least 4 members (excludes halogenated alkanes) is 1. The Labute approximate surface area is 103 Å². The second-order valence-corrected chi connectivity index (χ2v) is 4.58. The first-order valence-corrected chi connectivity index (χ1v) is 6.02. The third kappa shape index (κ3) is 4.63. The number of ether oxygens (including phenoxy) is 1. The number of alkyl carbamates (subject to hydrolysis) is 1. The summed E-state index contributed by atoms with van der Waals surface area (Å²) < 4.78 is 4.54. The van der Waals surface area contributed by atoms with Crippen molar-refractivity contribution in [1.29, 1.82) is 0 Å². The molecule has 2 N–H and O–H groups in total. The van der Waals surface area contributed by atoms with Crippen LogP contribution in [0, 0.1) is 5.92 Å². The van der Waals surface area contributed by atoms with Crippen molar-refractivity contribution in [1.82, 2.24) is 10.6 Å². The fraction of sp³-hybridized carbons (Fsp3) is 0.833. The standard InChI is InChI=1S/C12H24N2O3/c1-6-7-8-13-10(15)12(4,9(2)3)14-11(16)17-5/h9H,6-8H2,1-5H3,(H,13,15)(H,14,16)/t12-/m0/s1. The highest BCUT2D eigenvalue weighted by atomic mass is 16.5. The number of hydrogen-bond acceptors (Lipinski definition) is 3. The van der Waals surface area contributed by atoms with Gasteiger partial charge in [0.05, 0.1) is 7.11 Å². The van der Waals surface area contributed by atoms with Gasteiger partial charge in [0.1, 0.15) is 5.54 Å². The van der Waals surface area contributed by atoms with Gasteiger partial charge in [-0.1, -0.05) is 27.2 Å². The molecule has 0 spiro atoms. The number of methoxy groups -OCH3 is 1. The van der Waals surface area contributed by atoms with E-state index in [0.29, 0.717) is 6.54 Å². The smallest absolute Gasteiger partial charge is 0.407 e. The second kappa shape index (κ2) is 7.14. The molecule has 17 heavy (non-hydrogen) atoms. The molecule has 0 rings (SSSR count). The topological polar surface area (TPSA) is 67.4 Å². The van der Waals surface area contributed by atoms with Crippen LogP contribution in [0.15, 0.2) is 0 Å². The van der Waals surface area contributed by atoms with E-state index in [4.69, 9.17) is 0 Å². The number of rotatable bonds is 6. The van der Waals surface area contributed by atoms with E-state index < -0.39 is 11.6 Å². The van der Waals surface area contributed by atoms with E-state index in [1.807, 2.05) is 13.8 Å². The molecule has 0 aromatic carbocycles. The Morgan fingerprint density at radius 3 is 2.35 bits per heavy atom. The molecule has 0 aromatic rings. The van der Waals surface area contributed by atoms with E-state index in [2.05, 4.69) is 22.3 Å². The van der Waals surface area contributed by atoms with Crippen molar-refractivity contribution < 1.29 is 14.3 Å². The van der Waals surface area contributed by atoms with Gasteiger partial charge in [0, 0.05) is 6.54 Å². The summed E-state index contributed by atoms with van der Waals surface area (Å²) in [6, 6.07) is 0. The fourth-order valence-corrected chi connectivity index (χ4v) is 1.29. The maximum absolute atomic E-state index is 12.1. The van der Waals surface area contributed by atoms with E-state index in [1.165, 1.54) is 7.11 Å². The molecule has 0 fully saturated rings. The summed E-state index contributed by atoms with van der Waals surface area (Å²) in [5.41, 5.74) is -0.944. The number of hydrogen-bond donors (Lipinski definition) is 2. The Balaban J connectivity index is 4.58. The third-order valence-corrected chi connectivity index (χ3v) is 2.99. The van der Waals surface area contributed by atoms with Crippen LogP contribution in [0.2, 0.25) is 0 Å². The minimum absolute atomic E-state index is 0.0248. The Morgan fingerprint density at radius 2 is 1.94 bits per heavy atom. The van der Waals surface area contributed by atoms with Gasteiger partial charge in [-0.05, 0) is 19.3 Å². The van der Waals surface area contributed by atoms with Gasteiger partial charge in [-0.25, -0.2) is 4.79 Å². The first-order chi connectivity index (χ1) is 7.88. The molecule has 100 valence electrons. The summed E-state index contributed by atoms with van der Waals surface area (Å²) in [5, 5.41) is 5.42. The monoisotopic (exact) mass is 244 g/mol. The van der Waals surface area contributed by atoms with Crippen LogP contribution in [0.1, 0.15) is 40.5 Å². The first kappa shape index (κ1) is 15.7. The van der Waals surface area contributed by atoms with Crippen molar-refractivity contribution in [3.8, 4) is 0 Å². The molecule has 5 heteroatoms. The molecule has 0 aliphatic carbocycles. The average Bonchev–Trinajstić information content (AvgIpc) is 2.28. The first-order valence-electron chi connectivity index (χ1n) is 6.02. The highest BCUT2D eigenvalue weighted by Crippen LogP contribution is 2.17. The number of carbonyl (C=O) groups is 2. The third-order valence-electron chi connectivity index (χ3n) is 2.99. The number of carbonyl (C=O) groups excluding carboxylic acids is 2. The van der Waals surface area contributed by atoms with Crippen molar-refractivity contribution in [2.24, 2.45) is 5.92 Å². The maximum Gasteiger partial charge on any atom is 0.407 e. The van der Waals surface area contributed by atoms with Crippen molar-refractivity contribution in [2.75, 3.05) is 13.7 Å². The molecule has 0 heterocycles. The molecule has 0 bridgehead atoms. The van der Waals surface area contributed by atoms with Crippen LogP contribution in [0.3, 0.4) is 0 Å². The Kier molecular flexibility index (Phi) is 6.61. The van der Waals surface area contributed by atoms with E-state index in [9.17, 15) is 9.59 Å². The molecule has 0 saturated heterocycles. The molecule has 0 radical (unpaired) electrons. The van der Waals surface area contributed by atoms with Gasteiger partial charge in [-0.2, -0.15) is 0 Å². The lowest BCUT2D eigenvalue weighted by molar-refractivity contribution is -0.128. The summed E-state index contributed by atoms with van der Waals surface area (Å²) in [5.74, 6) is -0.199. The Hall–Kier alpha value is -1.26. The highest BCUT2D eigenvalue weighted by molar-refractivity contribution is 5.89. The molecule has 0 aliphatic heterocycles. The Bertz CT molecular complexity index is 266. The summed E-state index contributed by atoms with van der Waals surface area (Å²) in [7, 11) is 1.28. The SMILES string of the molecule is CCCCNC(=O)[C@@](C)(NC(=O)OC)C(C)C. The van der Waals surface area contributed by atoms with Crippen LogP contribution in [-0.2, 0) is 9.53 Å². The average molecular weight is 244 g/mol. The van der Waals surface area contributed by atoms with Gasteiger partial charge >= 0.3 is 6.09 Å². The zero-order valence-corrected chi connectivity index (χ0v) is 11.4. The summed E-state index contributed by atoms with van der Waals surface area (Å²) in [4.78, 5) is 23.3. The van der Waals surface area contributed by atoms with Crippen LogP contribution >= 0.6 is 0 Å². The minimum Gasteiger partial charge on any atom is -0.453 e. The van der Waals surface area contributed by atoms with Crippen LogP contribution < -0.4 is 10.6 Å². The van der Waals surface area contributed by atoms with E-state index in [-0.39, 0.29) is 11.8 Å². The van der Waals surface area contributed by atoms with E-state index >= 15 is 0 Å². The molecule has 5 nitrogen and oxygen atoms in total. The quantitative estimate of drug-likeness (QED) is 0.698. The lowest BCUT2D eigenvalue weighted by Gasteiger charge is -2.32. The lowest BCUT2D eigenvalue weighted by Crippen LogP contribution is -2.60. The zero-order valence-electron chi connectivity index (χ0n) is 11.4. The number of nitrogens with one attached hydrogen (secondary N) is 2. The molecule has 2 amide bonds.